The van der Waals surface area contributed by atoms with Crippen LogP contribution in [0.5, 0.6) is 5.75 Å². The van der Waals surface area contributed by atoms with Crippen molar-refractivity contribution in [2.75, 3.05) is 26.2 Å². The largest absolute Gasteiger partial charge is 0.491 e. The van der Waals surface area contributed by atoms with E-state index in [0.29, 0.717) is 6.61 Å². The van der Waals surface area contributed by atoms with Crippen molar-refractivity contribution in [1.29, 1.82) is 0 Å². The van der Waals surface area contributed by atoms with E-state index in [4.69, 9.17) is 4.74 Å². The summed E-state index contributed by atoms with van der Waals surface area (Å²) in [6.07, 6.45) is 6.42. The first kappa shape index (κ1) is 19.1. The summed E-state index contributed by atoms with van der Waals surface area (Å²) in [7, 11) is 0. The van der Waals surface area contributed by atoms with E-state index >= 15 is 0 Å². The molecular formula is C23H24BrN3O. The zero-order chi connectivity index (χ0) is 19.3. The lowest BCUT2D eigenvalue weighted by atomic mass is 10.0. The number of hydrogen-bond donors (Lipinski definition) is 0. The molecule has 0 saturated carbocycles. The van der Waals surface area contributed by atoms with Crippen LogP contribution in [-0.2, 0) is 0 Å². The second kappa shape index (κ2) is 8.84. The average Bonchev–Trinajstić information content (AvgIpc) is 2.69. The molecule has 1 saturated heterocycles. The van der Waals surface area contributed by atoms with Crippen molar-refractivity contribution in [2.24, 2.45) is 0 Å². The third-order valence-corrected chi connectivity index (χ3v) is 5.58. The number of fused-ring (bicyclic) bond motifs is 1. The predicted octanol–water partition coefficient (Wildman–Crippen LogP) is 5.26. The summed E-state index contributed by atoms with van der Waals surface area (Å²) >= 11 is 3.54. The number of nitrogens with zero attached hydrogens (tertiary/aromatic N) is 3. The number of rotatable bonds is 5. The van der Waals surface area contributed by atoms with Gasteiger partial charge in [-0.25, -0.2) is 9.97 Å². The monoisotopic (exact) mass is 437 g/mol. The lowest BCUT2D eigenvalue weighted by molar-refractivity contribution is 0.200. The highest BCUT2D eigenvalue weighted by molar-refractivity contribution is 9.10. The Morgan fingerprint density at radius 3 is 2.79 bits per heavy atom. The van der Waals surface area contributed by atoms with Crippen molar-refractivity contribution in [3.63, 3.8) is 0 Å². The van der Waals surface area contributed by atoms with E-state index in [9.17, 15) is 0 Å². The Balaban J connectivity index is 1.29. The molecule has 0 radical (unpaired) electrons. The smallest absolute Gasteiger partial charge is 0.130 e. The lowest BCUT2D eigenvalue weighted by Gasteiger charge is -2.28. The molecule has 2 heterocycles. The van der Waals surface area contributed by atoms with Crippen LogP contribution in [0.1, 0.15) is 24.2 Å². The van der Waals surface area contributed by atoms with Crippen molar-refractivity contribution < 1.29 is 4.74 Å². The van der Waals surface area contributed by atoms with Crippen LogP contribution in [0.15, 0.2) is 58.7 Å². The number of aromatic nitrogens is 2. The van der Waals surface area contributed by atoms with Crippen molar-refractivity contribution in [3.05, 3.63) is 70.1 Å². The summed E-state index contributed by atoms with van der Waals surface area (Å²) in [4.78, 5) is 11.3. The highest BCUT2D eigenvalue weighted by Crippen LogP contribution is 2.24. The van der Waals surface area contributed by atoms with E-state index in [1.165, 1.54) is 11.1 Å². The summed E-state index contributed by atoms with van der Waals surface area (Å²) in [5.41, 5.74) is 3.73. The minimum absolute atomic E-state index is 0.678. The zero-order valence-electron chi connectivity index (χ0n) is 16.1. The van der Waals surface area contributed by atoms with Gasteiger partial charge in [-0.05, 0) is 49.6 Å². The van der Waals surface area contributed by atoms with Crippen LogP contribution in [0.4, 0.5) is 0 Å². The molecule has 4 nitrogen and oxygen atoms in total. The summed E-state index contributed by atoms with van der Waals surface area (Å²) in [5.74, 6) is 1.65. The van der Waals surface area contributed by atoms with E-state index in [1.54, 1.807) is 0 Å². The van der Waals surface area contributed by atoms with Crippen LogP contribution >= 0.6 is 15.9 Å². The van der Waals surface area contributed by atoms with Crippen LogP contribution in [0, 0.1) is 6.92 Å². The van der Waals surface area contributed by atoms with Gasteiger partial charge in [0.2, 0.25) is 0 Å². The number of benzene rings is 2. The molecule has 1 aromatic heterocycles. The normalized spacial score (nSPS) is 15.0. The molecule has 0 N–H and O–H groups in total. The third kappa shape index (κ3) is 4.78. The van der Waals surface area contributed by atoms with Gasteiger partial charge in [-0.2, -0.15) is 0 Å². The first-order chi connectivity index (χ1) is 13.7. The fraction of sp³-hybridized carbons (Fsp3) is 0.304. The molecule has 2 aromatic carbocycles. The number of piperidine rings is 1. The molecule has 28 heavy (non-hydrogen) atoms. The van der Waals surface area contributed by atoms with Crippen LogP contribution in [0.25, 0.3) is 17.0 Å². The summed E-state index contributed by atoms with van der Waals surface area (Å²) in [6.45, 7) is 5.69. The van der Waals surface area contributed by atoms with E-state index in [1.807, 2.05) is 31.3 Å². The second-order valence-corrected chi connectivity index (χ2v) is 8.07. The molecule has 5 heteroatoms. The molecule has 0 amide bonds. The predicted molar refractivity (Wildman–Crippen MR) is 118 cm³/mol. The highest BCUT2D eigenvalue weighted by Gasteiger charge is 2.14. The van der Waals surface area contributed by atoms with Crippen molar-refractivity contribution in [2.45, 2.75) is 19.8 Å². The molecule has 0 unspecified atom stereocenters. The molecule has 4 rings (SSSR count). The maximum atomic E-state index is 6.06. The van der Waals surface area contributed by atoms with E-state index < -0.39 is 0 Å². The van der Waals surface area contributed by atoms with Gasteiger partial charge in [-0.3, -0.25) is 4.90 Å². The number of hydrogen-bond acceptors (Lipinski definition) is 4. The van der Waals surface area contributed by atoms with Crippen LogP contribution in [-0.4, -0.2) is 41.1 Å². The Bertz CT molecular complexity index is 992. The maximum absolute atomic E-state index is 6.06. The van der Waals surface area contributed by atoms with Gasteiger partial charge in [0.25, 0.3) is 0 Å². The molecule has 0 atom stereocenters. The van der Waals surface area contributed by atoms with Gasteiger partial charge >= 0.3 is 0 Å². The maximum Gasteiger partial charge on any atom is 0.130 e. The fourth-order valence-electron chi connectivity index (χ4n) is 3.57. The first-order valence-electron chi connectivity index (χ1n) is 9.70. The van der Waals surface area contributed by atoms with Crippen LogP contribution < -0.4 is 4.74 Å². The molecule has 1 aliphatic heterocycles. The number of ether oxygens (including phenoxy) is 1. The van der Waals surface area contributed by atoms with Gasteiger partial charge in [0.05, 0.1) is 10.9 Å². The quantitative estimate of drug-likeness (QED) is 0.545. The molecule has 0 bridgehead atoms. The van der Waals surface area contributed by atoms with Gasteiger partial charge in [0.15, 0.2) is 0 Å². The topological polar surface area (TPSA) is 38.2 Å². The minimum Gasteiger partial charge on any atom is -0.491 e. The van der Waals surface area contributed by atoms with Crippen LogP contribution in [0.3, 0.4) is 0 Å². The van der Waals surface area contributed by atoms with Gasteiger partial charge in [0, 0.05) is 30.3 Å². The molecule has 0 aliphatic carbocycles. The second-order valence-electron chi connectivity index (χ2n) is 7.15. The van der Waals surface area contributed by atoms with Crippen LogP contribution in [0.2, 0.25) is 0 Å². The zero-order valence-corrected chi connectivity index (χ0v) is 17.7. The number of halogens is 1. The van der Waals surface area contributed by atoms with Gasteiger partial charge in [-0.15, -0.1) is 0 Å². The standard InChI is InChI=1S/C23H24BrN3O/c1-17-25-16-21-22(26-17)6-3-7-23(21)28-13-12-27-10-8-18(9-11-27)14-19-4-2-5-20(24)15-19/h2-7,14-16H,8-13H2,1H3. The van der Waals surface area contributed by atoms with E-state index in [0.717, 1.165) is 59.4 Å². The Hall–Kier alpha value is -2.24. The SMILES string of the molecule is Cc1ncc2c(OCCN3CCC(=Cc4cccc(Br)c4)CC3)cccc2n1. The molecule has 1 aliphatic rings. The van der Waals surface area contributed by atoms with Crippen molar-refractivity contribution >= 4 is 32.9 Å². The average molecular weight is 438 g/mol. The summed E-state index contributed by atoms with van der Waals surface area (Å²) in [5, 5.41) is 0.978. The van der Waals surface area contributed by atoms with E-state index in [2.05, 4.69) is 61.1 Å². The van der Waals surface area contributed by atoms with Gasteiger partial charge in [0.1, 0.15) is 18.2 Å². The summed E-state index contributed by atoms with van der Waals surface area (Å²) in [6, 6.07) is 14.5. The number of likely N-dealkylation sites (tertiary alicyclic amines) is 1. The molecule has 3 aromatic rings. The number of aryl methyl sites for hydroxylation is 1. The van der Waals surface area contributed by atoms with Crippen molar-refractivity contribution in [1.82, 2.24) is 14.9 Å². The Morgan fingerprint density at radius 2 is 1.96 bits per heavy atom. The molecule has 1 fully saturated rings. The molecule has 0 spiro atoms. The van der Waals surface area contributed by atoms with E-state index in [-0.39, 0.29) is 0 Å². The van der Waals surface area contributed by atoms with Gasteiger partial charge in [-0.1, -0.05) is 45.8 Å². The minimum atomic E-state index is 0.678. The molecule has 144 valence electrons. The van der Waals surface area contributed by atoms with Crippen molar-refractivity contribution in [3.8, 4) is 5.75 Å². The lowest BCUT2D eigenvalue weighted by Crippen LogP contribution is -2.34. The van der Waals surface area contributed by atoms with Gasteiger partial charge < -0.3 is 4.74 Å². The highest BCUT2D eigenvalue weighted by atomic mass is 79.9. The Morgan fingerprint density at radius 1 is 1.14 bits per heavy atom. The summed E-state index contributed by atoms with van der Waals surface area (Å²) < 4.78 is 7.19. The Labute approximate surface area is 174 Å². The fourth-order valence-corrected chi connectivity index (χ4v) is 3.99. The Kier molecular flexibility index (Phi) is 6.03. The third-order valence-electron chi connectivity index (χ3n) is 5.09. The first-order valence-corrected chi connectivity index (χ1v) is 10.5. The molecular weight excluding hydrogens is 414 g/mol.